The molecular weight excluding hydrogens is 416 g/mol. The van der Waals surface area contributed by atoms with E-state index in [9.17, 15) is 9.70 Å². The van der Waals surface area contributed by atoms with Crippen molar-refractivity contribution in [1.29, 1.82) is 0 Å². The Bertz CT molecular complexity index is 1220. The van der Waals surface area contributed by atoms with Crippen LogP contribution in [0.5, 0.6) is 0 Å². The molecule has 3 aromatic rings. The van der Waals surface area contributed by atoms with E-state index in [1.54, 1.807) is 6.07 Å². The average molecular weight is 448 g/mol. The lowest BCUT2D eigenvalue weighted by atomic mass is 9.85. The number of hydrogen-bond donors (Lipinski definition) is 0. The molecule has 5 rings (SSSR count). The van der Waals surface area contributed by atoms with Crippen LogP contribution in [0.4, 0.5) is 11.4 Å². The molecule has 2 aliphatic rings. The Hall–Kier alpha value is -3.22. The van der Waals surface area contributed by atoms with E-state index < -0.39 is 0 Å². The first-order valence-electron chi connectivity index (χ1n) is 12.1. The molecule has 7 heteroatoms. The first-order valence-corrected chi connectivity index (χ1v) is 12.1. The molecular formula is C26H31N4O3+. The fourth-order valence-corrected chi connectivity index (χ4v) is 5.34. The molecule has 7 nitrogen and oxygen atoms in total. The van der Waals surface area contributed by atoms with Gasteiger partial charge in [0.2, 0.25) is 0 Å². The molecule has 0 radical (unpaired) electrons. The van der Waals surface area contributed by atoms with E-state index in [4.69, 9.17) is 9.94 Å². The second-order valence-corrected chi connectivity index (χ2v) is 9.14. The first kappa shape index (κ1) is 21.6. The Balaban J connectivity index is 1.72. The number of fused-ring (bicyclic) bond motifs is 1. The quantitative estimate of drug-likeness (QED) is 0.490. The summed E-state index contributed by atoms with van der Waals surface area (Å²) in [7, 11) is 1.33. The summed E-state index contributed by atoms with van der Waals surface area (Å²) in [5.74, 6) is 0.315. The van der Waals surface area contributed by atoms with E-state index in [2.05, 4.69) is 4.90 Å². The Morgan fingerprint density at radius 2 is 1.64 bits per heavy atom. The lowest BCUT2D eigenvalue weighted by Crippen LogP contribution is -2.30. The molecule has 0 amide bonds. The summed E-state index contributed by atoms with van der Waals surface area (Å²) in [5.41, 5.74) is 2.47. The Labute approximate surface area is 193 Å². The van der Waals surface area contributed by atoms with Gasteiger partial charge in [-0.1, -0.05) is 37.5 Å². The Morgan fingerprint density at radius 1 is 0.939 bits per heavy atom. The second kappa shape index (κ2) is 9.33. The lowest BCUT2D eigenvalue weighted by molar-refractivity contribution is -0.736. The van der Waals surface area contributed by atoms with E-state index in [0.29, 0.717) is 21.9 Å². The molecule has 1 saturated carbocycles. The van der Waals surface area contributed by atoms with Gasteiger partial charge in [-0.15, -0.1) is 0 Å². The molecule has 2 aromatic carbocycles. The van der Waals surface area contributed by atoms with Crippen LogP contribution < -0.4 is 10.5 Å². The zero-order valence-corrected chi connectivity index (χ0v) is 19.2. The van der Waals surface area contributed by atoms with Crippen LogP contribution >= 0.6 is 0 Å². The Morgan fingerprint density at radius 3 is 2.36 bits per heavy atom. The number of piperidine rings is 1. The van der Waals surface area contributed by atoms with E-state index in [1.165, 1.54) is 37.5 Å². The van der Waals surface area contributed by atoms with Gasteiger partial charge in [-0.3, -0.25) is 4.79 Å². The van der Waals surface area contributed by atoms with Gasteiger partial charge < -0.3 is 4.90 Å². The molecule has 33 heavy (non-hydrogen) atoms. The number of benzene rings is 2. The first-order chi connectivity index (χ1) is 16.2. The molecule has 1 saturated heterocycles. The van der Waals surface area contributed by atoms with Gasteiger partial charge in [0.05, 0.1) is 16.0 Å². The van der Waals surface area contributed by atoms with Crippen molar-refractivity contribution in [2.45, 2.75) is 57.3 Å². The van der Waals surface area contributed by atoms with Gasteiger partial charge in [0, 0.05) is 36.1 Å². The van der Waals surface area contributed by atoms with Crippen molar-refractivity contribution in [3.05, 3.63) is 63.4 Å². The van der Waals surface area contributed by atoms with Gasteiger partial charge in [-0.25, -0.2) is 4.84 Å². The molecule has 1 aliphatic heterocycles. The van der Waals surface area contributed by atoms with Crippen LogP contribution in [0, 0.1) is 4.91 Å². The zero-order valence-electron chi connectivity index (χ0n) is 19.2. The van der Waals surface area contributed by atoms with Crippen LogP contribution in [0.25, 0.3) is 16.5 Å². The normalized spacial score (nSPS) is 17.3. The Kier molecular flexibility index (Phi) is 6.11. The summed E-state index contributed by atoms with van der Waals surface area (Å²) < 4.78 is 1.43. The van der Waals surface area contributed by atoms with E-state index in [-0.39, 0.29) is 11.2 Å². The van der Waals surface area contributed by atoms with Crippen LogP contribution in [0.2, 0.25) is 0 Å². The summed E-state index contributed by atoms with van der Waals surface area (Å²) in [4.78, 5) is 34.0. The molecule has 0 spiro atoms. The van der Waals surface area contributed by atoms with Crippen LogP contribution in [-0.2, 0) is 4.84 Å². The highest BCUT2D eigenvalue weighted by atomic mass is 16.8. The molecule has 2 heterocycles. The third-order valence-corrected chi connectivity index (χ3v) is 7.10. The molecule has 2 fully saturated rings. The summed E-state index contributed by atoms with van der Waals surface area (Å²) >= 11 is 0. The lowest BCUT2D eigenvalue weighted by Gasteiger charge is -2.29. The van der Waals surface area contributed by atoms with Crippen LogP contribution in [0.3, 0.4) is 0 Å². The SMILES string of the molecule is CO[N+](=O)c1ccc(N2CCCCC2)cc1-n1nc(C2CCCCC2)c2ccccc2c1=O. The predicted molar refractivity (Wildman–Crippen MR) is 130 cm³/mol. The number of hydrogen-bond acceptors (Lipinski definition) is 5. The second-order valence-electron chi connectivity index (χ2n) is 9.14. The van der Waals surface area contributed by atoms with Crippen LogP contribution in [0.15, 0.2) is 47.3 Å². The van der Waals surface area contributed by atoms with Crippen molar-refractivity contribution < 1.29 is 9.76 Å². The number of aromatic nitrogens is 2. The van der Waals surface area contributed by atoms with Crippen molar-refractivity contribution in [3.63, 3.8) is 0 Å². The standard InChI is InChI=1S/C26H31N4O3/c1-33-30(32)23-15-14-20(28-16-8-3-9-17-28)18-24(23)29-26(31)22-13-7-6-12-21(22)25(27-29)19-10-4-2-5-11-19/h6-7,12-15,18-19H,2-5,8-11,16-17H2,1H3/q+1. The highest BCUT2D eigenvalue weighted by Gasteiger charge is 2.28. The van der Waals surface area contributed by atoms with Crippen molar-refractivity contribution in [2.75, 3.05) is 25.1 Å². The molecule has 172 valence electrons. The summed E-state index contributed by atoms with van der Waals surface area (Å²) in [6.45, 7) is 1.94. The van der Waals surface area contributed by atoms with E-state index in [1.807, 2.05) is 36.4 Å². The highest BCUT2D eigenvalue weighted by molar-refractivity contribution is 5.84. The topological polar surface area (TPSA) is 67.4 Å². The van der Waals surface area contributed by atoms with E-state index >= 15 is 0 Å². The maximum Gasteiger partial charge on any atom is 0.342 e. The minimum absolute atomic E-state index is 0.216. The third-order valence-electron chi connectivity index (χ3n) is 7.10. The van der Waals surface area contributed by atoms with Gasteiger partial charge in [-0.2, -0.15) is 9.78 Å². The van der Waals surface area contributed by atoms with Gasteiger partial charge in [0.1, 0.15) is 0 Å². The zero-order chi connectivity index (χ0) is 22.8. The maximum absolute atomic E-state index is 13.6. The minimum Gasteiger partial charge on any atom is -0.371 e. The summed E-state index contributed by atoms with van der Waals surface area (Å²) in [6.07, 6.45) is 9.25. The van der Waals surface area contributed by atoms with Crippen molar-refractivity contribution in [1.82, 2.24) is 9.78 Å². The molecule has 0 atom stereocenters. The van der Waals surface area contributed by atoms with Crippen LogP contribution in [0.1, 0.15) is 63.0 Å². The molecule has 1 aliphatic carbocycles. The largest absolute Gasteiger partial charge is 0.371 e. The highest BCUT2D eigenvalue weighted by Crippen LogP contribution is 2.35. The molecule has 0 bridgehead atoms. The minimum atomic E-state index is -0.216. The van der Waals surface area contributed by atoms with E-state index in [0.717, 1.165) is 55.5 Å². The molecule has 0 N–H and O–H groups in total. The van der Waals surface area contributed by atoms with Crippen molar-refractivity contribution in [2.24, 2.45) is 0 Å². The number of nitrogens with zero attached hydrogens (tertiary/aromatic N) is 4. The van der Waals surface area contributed by atoms with Gasteiger partial charge in [-0.05, 0) is 50.3 Å². The van der Waals surface area contributed by atoms with Crippen molar-refractivity contribution >= 4 is 22.1 Å². The average Bonchev–Trinajstić information content (AvgIpc) is 2.89. The monoisotopic (exact) mass is 447 g/mol. The molecule has 1 aromatic heterocycles. The van der Waals surface area contributed by atoms with Gasteiger partial charge >= 0.3 is 5.69 Å². The van der Waals surface area contributed by atoms with Crippen LogP contribution in [-0.4, -0.2) is 34.9 Å². The number of anilines is 1. The summed E-state index contributed by atoms with van der Waals surface area (Å²) in [5, 5.41) is 6.48. The third kappa shape index (κ3) is 4.12. The maximum atomic E-state index is 13.6. The van der Waals surface area contributed by atoms with Gasteiger partial charge in [0.15, 0.2) is 12.8 Å². The van der Waals surface area contributed by atoms with Gasteiger partial charge in [0.25, 0.3) is 10.5 Å². The molecule has 0 unspecified atom stereocenters. The summed E-state index contributed by atoms with van der Waals surface area (Å²) in [6, 6.07) is 13.3. The fourth-order valence-electron chi connectivity index (χ4n) is 5.34. The predicted octanol–water partition coefficient (Wildman–Crippen LogP) is 5.40. The van der Waals surface area contributed by atoms with Crippen molar-refractivity contribution in [3.8, 4) is 5.69 Å². The number of rotatable bonds is 5. The smallest absolute Gasteiger partial charge is 0.342 e. The fraction of sp³-hybridized carbons (Fsp3) is 0.462.